The van der Waals surface area contributed by atoms with Crippen LogP contribution in [0.2, 0.25) is 0 Å². The molecule has 0 spiro atoms. The van der Waals surface area contributed by atoms with E-state index in [0.29, 0.717) is 6.42 Å². The number of rotatable bonds is 16. The fourth-order valence-corrected chi connectivity index (χ4v) is 7.88. The lowest BCUT2D eigenvalue weighted by molar-refractivity contribution is -0.314. The predicted molar refractivity (Wildman–Crippen MR) is 245 cm³/mol. The number of hydrogen-bond donors (Lipinski definition) is 10. The summed E-state index contributed by atoms with van der Waals surface area (Å²) in [6, 6.07) is -4.88. The molecule has 0 aromatic rings. The molecule has 24 heteroatoms. The second kappa shape index (κ2) is 24.5. The van der Waals surface area contributed by atoms with Gasteiger partial charge in [0.2, 0.25) is 5.91 Å². The maximum atomic E-state index is 13.8. The highest BCUT2D eigenvalue weighted by molar-refractivity contribution is 5.81. The highest BCUT2D eigenvalue weighted by atomic mass is 16.7. The minimum absolute atomic E-state index is 0.143. The van der Waals surface area contributed by atoms with Gasteiger partial charge in [-0.25, -0.2) is 19.2 Å². The van der Waals surface area contributed by atoms with Crippen LogP contribution in [0.3, 0.4) is 0 Å². The van der Waals surface area contributed by atoms with Crippen molar-refractivity contribution in [1.82, 2.24) is 31.5 Å². The van der Waals surface area contributed by atoms with Gasteiger partial charge in [0.1, 0.15) is 58.5 Å². The van der Waals surface area contributed by atoms with Crippen molar-refractivity contribution < 1.29 is 87.4 Å². The summed E-state index contributed by atoms with van der Waals surface area (Å²) in [7, 11) is 1.31. The summed E-state index contributed by atoms with van der Waals surface area (Å²) in [5, 5.41) is 70.0. The predicted octanol–water partition coefficient (Wildman–Crippen LogP) is 0.859. The number of alkyl carbamates (subject to hydrolysis) is 3. The number of hydrogen-bond acceptors (Lipinski definition) is 19. The molecule has 1 saturated carbocycles. The first kappa shape index (κ1) is 59.5. The van der Waals surface area contributed by atoms with Gasteiger partial charge in [-0.2, -0.15) is 0 Å². The van der Waals surface area contributed by atoms with Gasteiger partial charge in [0.25, 0.3) is 0 Å². The molecular formula is C45H82N6O18. The Morgan fingerprint density at radius 2 is 1.22 bits per heavy atom. The molecule has 13 atom stereocenters. The first-order valence-corrected chi connectivity index (χ1v) is 23.5. The average Bonchev–Trinajstić information content (AvgIpc) is 3.16. The minimum atomic E-state index is -1.88. The Balaban J connectivity index is 2.10. The molecule has 24 nitrogen and oxygen atoms in total. The highest BCUT2D eigenvalue weighted by Gasteiger charge is 2.55. The third-order valence-corrected chi connectivity index (χ3v) is 10.7. The maximum absolute atomic E-state index is 13.8. The largest absolute Gasteiger partial charge is 0.444 e. The Labute approximate surface area is 405 Å². The van der Waals surface area contributed by atoms with Gasteiger partial charge in [0.15, 0.2) is 12.6 Å². The smallest absolute Gasteiger partial charge is 0.410 e. The second-order valence-electron chi connectivity index (χ2n) is 22.0. The number of carbonyl (C=O) groups excluding carboxylic acids is 5. The maximum Gasteiger partial charge on any atom is 0.410 e. The molecule has 3 fully saturated rings. The number of ether oxygens (including phenoxy) is 8. The van der Waals surface area contributed by atoms with Crippen molar-refractivity contribution in [2.45, 2.75) is 217 Å². The summed E-state index contributed by atoms with van der Waals surface area (Å²) >= 11 is 0. The Bertz CT molecular complexity index is 1700. The normalized spacial score (nSPS) is 30.5. The summed E-state index contributed by atoms with van der Waals surface area (Å²) in [4.78, 5) is 67.0. The molecule has 1 aliphatic carbocycles. The van der Waals surface area contributed by atoms with Crippen molar-refractivity contribution in [1.29, 1.82) is 0 Å². The molecule has 0 bridgehead atoms. The number of aliphatic hydroxyl groups is 5. The van der Waals surface area contributed by atoms with Crippen LogP contribution in [0.1, 0.15) is 116 Å². The molecule has 69 heavy (non-hydrogen) atoms. The molecule has 0 aromatic heterocycles. The zero-order chi connectivity index (χ0) is 52.4. The monoisotopic (exact) mass is 995 g/mol. The van der Waals surface area contributed by atoms with E-state index in [9.17, 15) is 49.5 Å². The molecule has 2 aliphatic heterocycles. The van der Waals surface area contributed by atoms with Crippen LogP contribution in [0, 0.1) is 0 Å². The first-order valence-electron chi connectivity index (χ1n) is 23.5. The van der Waals surface area contributed by atoms with E-state index in [4.69, 9.17) is 37.9 Å². The molecule has 10 N–H and O–H groups in total. The Morgan fingerprint density at radius 3 is 1.75 bits per heavy atom. The van der Waals surface area contributed by atoms with Crippen LogP contribution in [-0.2, 0) is 42.7 Å². The lowest BCUT2D eigenvalue weighted by Crippen LogP contribution is -2.71. The van der Waals surface area contributed by atoms with Crippen molar-refractivity contribution >= 4 is 30.3 Å². The van der Waals surface area contributed by atoms with Gasteiger partial charge in [0, 0.05) is 26.7 Å². The number of carbonyl (C=O) groups is 5. The van der Waals surface area contributed by atoms with Crippen LogP contribution in [0.5, 0.6) is 0 Å². The van der Waals surface area contributed by atoms with Crippen LogP contribution in [-0.4, -0.2) is 202 Å². The zero-order valence-electron chi connectivity index (χ0n) is 42.8. The Kier molecular flexibility index (Phi) is 21.1. The molecule has 400 valence electrons. The van der Waals surface area contributed by atoms with E-state index in [1.807, 2.05) is 0 Å². The van der Waals surface area contributed by atoms with E-state index >= 15 is 0 Å². The number of likely N-dealkylation sites (N-methyl/N-ethyl adjacent to an activating group) is 1. The third kappa shape index (κ3) is 19.7. The van der Waals surface area contributed by atoms with Gasteiger partial charge < -0.3 is 94.9 Å². The summed E-state index contributed by atoms with van der Waals surface area (Å²) < 4.78 is 47.0. The number of nitrogens with zero attached hydrogens (tertiary/aromatic N) is 1. The van der Waals surface area contributed by atoms with Crippen LogP contribution in [0.4, 0.5) is 19.2 Å². The van der Waals surface area contributed by atoms with Gasteiger partial charge in [0.05, 0.1) is 43.5 Å². The highest BCUT2D eigenvalue weighted by Crippen LogP contribution is 2.35. The average molecular weight is 995 g/mol. The van der Waals surface area contributed by atoms with Gasteiger partial charge in [-0.05, 0) is 116 Å². The summed E-state index contributed by atoms with van der Waals surface area (Å²) in [6.07, 6.45) is -15.4. The van der Waals surface area contributed by atoms with Gasteiger partial charge in [-0.3, -0.25) is 4.79 Å². The SMILES string of the molecule is CN(C(=O)OC(C)(C)C)[C@@H]1[C@@H](O)[C@@H](O[C@@H]2[C@@H](O)[C@H](O[C@H]3O[C@H](CNCCO)CC[C@H]3NC(=O)OC(C)(C)C)[C@@H](NC(=O)OC(C)(C)C)C[C@H]2NC(=O)[C@@H](O)CCNC(=O)OC(C)(C)C)OC[C@]1(C)O. The van der Waals surface area contributed by atoms with E-state index in [0.717, 1.165) is 4.90 Å². The third-order valence-electron chi connectivity index (χ3n) is 10.7. The lowest BCUT2D eigenvalue weighted by atomic mass is 9.82. The number of nitrogens with one attached hydrogen (secondary N) is 5. The molecule has 0 aromatic carbocycles. The minimum Gasteiger partial charge on any atom is -0.444 e. The fraction of sp³-hybridized carbons (Fsp3) is 0.889. The second-order valence-corrected chi connectivity index (χ2v) is 22.0. The topological polar surface area (TPSA) is 324 Å². The van der Waals surface area contributed by atoms with Gasteiger partial charge in [-0.1, -0.05) is 0 Å². The standard InChI is InChI=1S/C45H82N6O18/c1-41(2,3)66-37(57)47-18-17-28(53)34(56)48-26-21-27(50-39(59)68-43(7,8)9)32(64-35-25(49-38(58)67-42(4,5)6)16-15-24(63-35)22-46-19-20-52)29(54)31(26)65-36-30(55)33(45(13,61)23-62-36)51(14)40(60)69-44(10,11)12/h24-33,35-36,46,52-55,61H,15-23H2,1-14H3,(H,47,57)(H,48,56)(H,49,58)(H,50,59)/t24-,25+,26+,27-,28-,29+,30+,31-,32+,33+,35+,36+,45-/m0/s1. The molecule has 2 heterocycles. The van der Waals surface area contributed by atoms with Gasteiger partial charge >= 0.3 is 24.4 Å². The van der Waals surface area contributed by atoms with E-state index in [-0.39, 0.29) is 45.5 Å². The Morgan fingerprint density at radius 1 is 0.710 bits per heavy atom. The lowest BCUT2D eigenvalue weighted by Gasteiger charge is -2.51. The van der Waals surface area contributed by atoms with Crippen molar-refractivity contribution in [3.63, 3.8) is 0 Å². The van der Waals surface area contributed by atoms with Crippen molar-refractivity contribution in [3.05, 3.63) is 0 Å². The molecular weight excluding hydrogens is 913 g/mol. The molecule has 5 amide bonds. The van der Waals surface area contributed by atoms with E-state index in [1.54, 1.807) is 83.1 Å². The molecule has 3 rings (SSSR count). The van der Waals surface area contributed by atoms with Crippen molar-refractivity contribution in [2.24, 2.45) is 0 Å². The summed E-state index contributed by atoms with van der Waals surface area (Å²) in [5.74, 6) is -0.979. The zero-order valence-corrected chi connectivity index (χ0v) is 42.8. The van der Waals surface area contributed by atoms with Crippen molar-refractivity contribution in [3.8, 4) is 0 Å². The first-order chi connectivity index (χ1) is 31.6. The summed E-state index contributed by atoms with van der Waals surface area (Å²) in [5.41, 5.74) is -5.49. The number of aliphatic hydroxyl groups excluding tert-OH is 4. The van der Waals surface area contributed by atoms with Crippen LogP contribution in [0.15, 0.2) is 0 Å². The molecule has 2 saturated heterocycles. The van der Waals surface area contributed by atoms with Crippen LogP contribution in [0.25, 0.3) is 0 Å². The van der Waals surface area contributed by atoms with Crippen LogP contribution < -0.4 is 26.6 Å². The molecule has 3 aliphatic rings. The fourth-order valence-electron chi connectivity index (χ4n) is 7.88. The van der Waals surface area contributed by atoms with E-state index in [2.05, 4.69) is 26.6 Å². The van der Waals surface area contributed by atoms with Crippen LogP contribution >= 0.6 is 0 Å². The Hall–Kier alpha value is -3.85. The molecule has 0 radical (unpaired) electrons. The summed E-state index contributed by atoms with van der Waals surface area (Å²) in [6.45, 7) is 20.9. The van der Waals surface area contributed by atoms with Gasteiger partial charge in [-0.15, -0.1) is 0 Å². The van der Waals surface area contributed by atoms with E-state index in [1.165, 1.54) is 14.0 Å². The number of amides is 5. The molecule has 0 unspecified atom stereocenters. The van der Waals surface area contributed by atoms with E-state index < -0.39 is 138 Å². The quantitative estimate of drug-likeness (QED) is 0.0757. The van der Waals surface area contributed by atoms with Crippen molar-refractivity contribution in [2.75, 3.05) is 39.9 Å².